The fraction of sp³-hybridized carbons (Fsp3) is 0.222. The van der Waals surface area contributed by atoms with Crippen molar-refractivity contribution in [2.45, 2.75) is 4.90 Å². The predicted octanol–water partition coefficient (Wildman–Crippen LogP) is 2.30. The molecule has 0 fully saturated rings. The van der Waals surface area contributed by atoms with Gasteiger partial charge in [0.15, 0.2) is 0 Å². The van der Waals surface area contributed by atoms with Gasteiger partial charge in [0.2, 0.25) is 15.9 Å². The van der Waals surface area contributed by atoms with Gasteiger partial charge in [-0.2, -0.15) is 0 Å². The average molecular weight is 410 g/mol. The van der Waals surface area contributed by atoms with E-state index in [1.165, 1.54) is 50.3 Å². The summed E-state index contributed by atoms with van der Waals surface area (Å²) in [5, 5.41) is 3.23. The van der Waals surface area contributed by atoms with Crippen LogP contribution in [-0.4, -0.2) is 57.1 Å². The van der Waals surface area contributed by atoms with E-state index in [9.17, 15) is 18.0 Å². The third kappa shape index (κ3) is 5.29. The molecule has 0 heterocycles. The van der Waals surface area contributed by atoms with E-state index >= 15 is 0 Å². The Kier molecular flexibility index (Phi) is 6.59. The Morgan fingerprint density at radius 1 is 0.963 bits per heavy atom. The number of rotatable bonds is 6. The highest BCUT2D eigenvalue weighted by atomic mass is 35.5. The van der Waals surface area contributed by atoms with E-state index in [1.54, 1.807) is 24.3 Å². The number of hydrogen-bond acceptors (Lipinski definition) is 4. The third-order valence-corrected chi connectivity index (χ3v) is 5.82. The van der Waals surface area contributed by atoms with Crippen LogP contribution in [0.4, 0.5) is 5.69 Å². The molecule has 0 aliphatic carbocycles. The summed E-state index contributed by atoms with van der Waals surface area (Å²) < 4.78 is 25.2. The predicted molar refractivity (Wildman–Crippen MR) is 104 cm³/mol. The molecular formula is C18H20ClN3O4S. The molecule has 2 aromatic carbocycles. The first kappa shape index (κ1) is 20.9. The van der Waals surface area contributed by atoms with E-state index in [2.05, 4.69) is 5.32 Å². The highest BCUT2D eigenvalue weighted by Crippen LogP contribution is 2.15. The van der Waals surface area contributed by atoms with Gasteiger partial charge in [-0.3, -0.25) is 9.59 Å². The molecule has 0 unspecified atom stereocenters. The van der Waals surface area contributed by atoms with Crippen molar-refractivity contribution in [1.82, 2.24) is 9.21 Å². The van der Waals surface area contributed by atoms with Gasteiger partial charge in [-0.25, -0.2) is 12.7 Å². The van der Waals surface area contributed by atoms with Crippen molar-refractivity contribution in [2.24, 2.45) is 0 Å². The topological polar surface area (TPSA) is 86.8 Å². The van der Waals surface area contributed by atoms with E-state index in [1.807, 2.05) is 0 Å². The van der Waals surface area contributed by atoms with Crippen LogP contribution >= 0.6 is 11.6 Å². The van der Waals surface area contributed by atoms with Crippen molar-refractivity contribution >= 4 is 39.1 Å². The lowest BCUT2D eigenvalue weighted by molar-refractivity contribution is -0.116. The van der Waals surface area contributed by atoms with Crippen LogP contribution in [0.1, 0.15) is 10.4 Å². The van der Waals surface area contributed by atoms with Gasteiger partial charge in [-0.15, -0.1) is 0 Å². The Bertz CT molecular complexity index is 926. The molecule has 2 aromatic rings. The molecule has 0 aromatic heterocycles. The quantitative estimate of drug-likeness (QED) is 0.793. The number of amides is 2. The zero-order valence-corrected chi connectivity index (χ0v) is 16.7. The number of halogens is 1. The monoisotopic (exact) mass is 409 g/mol. The molecule has 2 rings (SSSR count). The Morgan fingerprint density at radius 3 is 2.04 bits per heavy atom. The highest BCUT2D eigenvalue weighted by Gasteiger charge is 2.19. The minimum atomic E-state index is -3.56. The second-order valence-corrected chi connectivity index (χ2v) is 8.62. The molecule has 0 radical (unpaired) electrons. The summed E-state index contributed by atoms with van der Waals surface area (Å²) in [6, 6.07) is 12.2. The Hall–Kier alpha value is -2.42. The number of nitrogens with zero attached hydrogens (tertiary/aromatic N) is 2. The van der Waals surface area contributed by atoms with Crippen LogP contribution in [0.5, 0.6) is 0 Å². The SMILES string of the molecule is CN(CC(=O)Nc1ccc(Cl)cc1)C(=O)c1ccc(S(=O)(=O)N(C)C)cc1. The van der Waals surface area contributed by atoms with Crippen molar-refractivity contribution in [2.75, 3.05) is 33.0 Å². The zero-order valence-electron chi connectivity index (χ0n) is 15.1. The molecule has 9 heteroatoms. The molecule has 27 heavy (non-hydrogen) atoms. The Morgan fingerprint density at radius 2 is 1.52 bits per heavy atom. The van der Waals surface area contributed by atoms with Crippen LogP contribution < -0.4 is 5.32 Å². The number of benzene rings is 2. The molecule has 0 aliphatic heterocycles. The summed E-state index contributed by atoms with van der Waals surface area (Å²) in [6.07, 6.45) is 0. The molecule has 1 N–H and O–H groups in total. The standard InChI is InChI=1S/C18H20ClN3O4S/c1-21(2)27(25,26)16-10-4-13(5-11-16)18(24)22(3)12-17(23)20-15-8-6-14(19)7-9-15/h4-11H,12H2,1-3H3,(H,20,23). The van der Waals surface area contributed by atoms with Crippen molar-refractivity contribution < 1.29 is 18.0 Å². The summed E-state index contributed by atoms with van der Waals surface area (Å²) in [6.45, 7) is -0.154. The van der Waals surface area contributed by atoms with Gasteiger partial charge < -0.3 is 10.2 Å². The number of hydrogen-bond donors (Lipinski definition) is 1. The lowest BCUT2D eigenvalue weighted by Gasteiger charge is -2.17. The fourth-order valence-electron chi connectivity index (χ4n) is 2.22. The van der Waals surface area contributed by atoms with Gasteiger partial charge >= 0.3 is 0 Å². The maximum absolute atomic E-state index is 12.4. The van der Waals surface area contributed by atoms with Gasteiger partial charge in [-0.1, -0.05) is 11.6 Å². The van der Waals surface area contributed by atoms with Gasteiger partial charge in [0.1, 0.15) is 0 Å². The molecule has 0 saturated heterocycles. The van der Waals surface area contributed by atoms with Crippen LogP contribution in [0.25, 0.3) is 0 Å². The van der Waals surface area contributed by atoms with Crippen molar-refractivity contribution in [3.8, 4) is 0 Å². The van der Waals surface area contributed by atoms with E-state index < -0.39 is 15.9 Å². The average Bonchev–Trinajstić information content (AvgIpc) is 2.62. The minimum absolute atomic E-state index is 0.0900. The maximum atomic E-state index is 12.4. The highest BCUT2D eigenvalue weighted by molar-refractivity contribution is 7.89. The minimum Gasteiger partial charge on any atom is -0.332 e. The van der Waals surface area contributed by atoms with E-state index in [-0.39, 0.29) is 22.9 Å². The smallest absolute Gasteiger partial charge is 0.254 e. The van der Waals surface area contributed by atoms with Crippen LogP contribution in [0.2, 0.25) is 5.02 Å². The van der Waals surface area contributed by atoms with Gasteiger partial charge in [0.25, 0.3) is 5.91 Å². The number of sulfonamides is 1. The van der Waals surface area contributed by atoms with E-state index in [4.69, 9.17) is 11.6 Å². The van der Waals surface area contributed by atoms with Crippen molar-refractivity contribution in [3.63, 3.8) is 0 Å². The van der Waals surface area contributed by atoms with Crippen LogP contribution in [-0.2, 0) is 14.8 Å². The van der Waals surface area contributed by atoms with Crippen LogP contribution in [0, 0.1) is 0 Å². The molecule has 144 valence electrons. The van der Waals surface area contributed by atoms with E-state index in [0.29, 0.717) is 10.7 Å². The first-order valence-corrected chi connectivity index (χ1v) is 9.76. The van der Waals surface area contributed by atoms with Crippen molar-refractivity contribution in [3.05, 3.63) is 59.1 Å². The summed E-state index contributed by atoms with van der Waals surface area (Å²) in [5.41, 5.74) is 0.859. The summed E-state index contributed by atoms with van der Waals surface area (Å²) in [5.74, 6) is -0.755. The largest absolute Gasteiger partial charge is 0.332 e. The molecule has 0 atom stereocenters. The summed E-state index contributed by atoms with van der Waals surface area (Å²) in [4.78, 5) is 25.9. The lowest BCUT2D eigenvalue weighted by Crippen LogP contribution is -2.35. The van der Waals surface area contributed by atoms with Crippen LogP contribution in [0.3, 0.4) is 0 Å². The first-order chi connectivity index (χ1) is 12.6. The Balaban J connectivity index is 2.02. The number of nitrogens with one attached hydrogen (secondary N) is 1. The molecule has 0 bridgehead atoms. The normalized spacial score (nSPS) is 11.3. The lowest BCUT2D eigenvalue weighted by atomic mass is 10.2. The van der Waals surface area contributed by atoms with Crippen molar-refractivity contribution in [1.29, 1.82) is 0 Å². The maximum Gasteiger partial charge on any atom is 0.254 e. The van der Waals surface area contributed by atoms with Crippen LogP contribution in [0.15, 0.2) is 53.4 Å². The van der Waals surface area contributed by atoms with Gasteiger partial charge in [-0.05, 0) is 48.5 Å². The fourth-order valence-corrected chi connectivity index (χ4v) is 3.25. The molecule has 0 aliphatic rings. The number of likely N-dealkylation sites (N-methyl/N-ethyl adjacent to an activating group) is 1. The molecule has 0 saturated carbocycles. The number of carbonyl (C=O) groups is 2. The summed E-state index contributed by atoms with van der Waals surface area (Å²) >= 11 is 5.79. The number of anilines is 1. The second-order valence-electron chi connectivity index (χ2n) is 6.03. The zero-order chi connectivity index (χ0) is 20.2. The molecule has 7 nitrogen and oxygen atoms in total. The van der Waals surface area contributed by atoms with Gasteiger partial charge in [0, 0.05) is 37.4 Å². The number of carbonyl (C=O) groups excluding carboxylic acids is 2. The van der Waals surface area contributed by atoms with E-state index in [0.717, 1.165) is 4.31 Å². The molecule has 0 spiro atoms. The summed E-state index contributed by atoms with van der Waals surface area (Å²) in [7, 11) is 0.797. The second kappa shape index (κ2) is 8.51. The Labute approximate surface area is 163 Å². The van der Waals surface area contributed by atoms with Gasteiger partial charge in [0.05, 0.1) is 11.4 Å². The molecular weight excluding hydrogens is 390 g/mol. The molecule has 2 amide bonds. The first-order valence-electron chi connectivity index (χ1n) is 7.95. The third-order valence-electron chi connectivity index (χ3n) is 3.74.